The lowest BCUT2D eigenvalue weighted by Gasteiger charge is -2.28. The molecular weight excluding hydrogens is 252 g/mol. The van der Waals surface area contributed by atoms with E-state index in [1.54, 1.807) is 13.0 Å². The lowest BCUT2D eigenvalue weighted by atomic mass is 9.76. The van der Waals surface area contributed by atoms with Gasteiger partial charge in [0.15, 0.2) is 0 Å². The number of carbonyl (C=O) groups is 1. The van der Waals surface area contributed by atoms with Crippen LogP contribution < -0.4 is 0 Å². The van der Waals surface area contributed by atoms with Crippen molar-refractivity contribution in [2.45, 2.75) is 26.2 Å². The third-order valence-corrected chi connectivity index (χ3v) is 3.72. The maximum absolute atomic E-state index is 11.2. The second-order valence-corrected chi connectivity index (χ2v) is 5.49. The number of rotatable bonds is 3. The van der Waals surface area contributed by atoms with Crippen molar-refractivity contribution in [3.8, 4) is 5.75 Å². The van der Waals surface area contributed by atoms with Crippen molar-refractivity contribution < 1.29 is 15.0 Å². The molecule has 0 atom stereocenters. The van der Waals surface area contributed by atoms with E-state index in [4.69, 9.17) is 0 Å². The van der Waals surface area contributed by atoms with Gasteiger partial charge in [0.25, 0.3) is 0 Å². The van der Waals surface area contributed by atoms with Crippen molar-refractivity contribution in [2.75, 3.05) is 0 Å². The van der Waals surface area contributed by atoms with Gasteiger partial charge in [0.1, 0.15) is 5.75 Å². The van der Waals surface area contributed by atoms with E-state index in [1.165, 1.54) is 6.07 Å². The van der Waals surface area contributed by atoms with Crippen LogP contribution in [0.5, 0.6) is 5.75 Å². The van der Waals surface area contributed by atoms with Crippen LogP contribution >= 0.6 is 0 Å². The molecule has 2 aromatic carbocycles. The van der Waals surface area contributed by atoms with Gasteiger partial charge in [-0.05, 0) is 30.2 Å². The third-order valence-electron chi connectivity index (χ3n) is 3.72. The highest BCUT2D eigenvalue weighted by Crippen LogP contribution is 2.38. The topological polar surface area (TPSA) is 57.5 Å². The van der Waals surface area contributed by atoms with E-state index in [1.807, 2.05) is 44.2 Å². The highest BCUT2D eigenvalue weighted by Gasteiger charge is 2.28. The van der Waals surface area contributed by atoms with Crippen LogP contribution in [0.25, 0.3) is 0 Å². The summed E-state index contributed by atoms with van der Waals surface area (Å²) in [5, 5.41) is 19.5. The quantitative estimate of drug-likeness (QED) is 0.893. The van der Waals surface area contributed by atoms with Gasteiger partial charge in [-0.25, -0.2) is 4.79 Å². The molecule has 0 aliphatic carbocycles. The van der Waals surface area contributed by atoms with E-state index in [9.17, 15) is 15.0 Å². The van der Waals surface area contributed by atoms with Crippen molar-refractivity contribution >= 4 is 5.97 Å². The minimum atomic E-state index is -0.988. The second kappa shape index (κ2) is 5.00. The average Bonchev–Trinajstić information content (AvgIpc) is 2.42. The fraction of sp³-hybridized carbons (Fsp3) is 0.235. The van der Waals surface area contributed by atoms with Gasteiger partial charge in [-0.3, -0.25) is 0 Å². The van der Waals surface area contributed by atoms with Gasteiger partial charge in [0.2, 0.25) is 0 Å². The predicted octanol–water partition coefficient (Wildman–Crippen LogP) is 3.72. The number of hydrogen-bond acceptors (Lipinski definition) is 2. The lowest BCUT2D eigenvalue weighted by molar-refractivity contribution is 0.0696. The van der Waals surface area contributed by atoms with Crippen LogP contribution in [0.3, 0.4) is 0 Å². The summed E-state index contributed by atoms with van der Waals surface area (Å²) in [6.07, 6.45) is 0. The highest BCUT2D eigenvalue weighted by atomic mass is 16.4. The number of carboxylic acids is 1. The van der Waals surface area contributed by atoms with Crippen LogP contribution in [0.2, 0.25) is 0 Å². The molecule has 0 saturated carbocycles. The van der Waals surface area contributed by atoms with E-state index in [0.29, 0.717) is 11.1 Å². The minimum Gasteiger partial charge on any atom is -0.507 e. The van der Waals surface area contributed by atoms with Gasteiger partial charge in [0, 0.05) is 11.0 Å². The van der Waals surface area contributed by atoms with E-state index in [0.717, 1.165) is 5.56 Å². The van der Waals surface area contributed by atoms with Crippen LogP contribution in [-0.4, -0.2) is 16.2 Å². The molecule has 0 unspecified atom stereocenters. The van der Waals surface area contributed by atoms with Gasteiger partial charge in [-0.15, -0.1) is 0 Å². The SMILES string of the molecule is Cc1cc(C(=O)O)cc(C(C)(C)c2ccccc2)c1O. The monoisotopic (exact) mass is 270 g/mol. The molecule has 2 rings (SSSR count). The molecule has 0 saturated heterocycles. The minimum absolute atomic E-state index is 0.156. The van der Waals surface area contributed by atoms with Crippen LogP contribution in [0.1, 0.15) is 40.9 Å². The van der Waals surface area contributed by atoms with Crippen molar-refractivity contribution in [1.29, 1.82) is 0 Å². The van der Waals surface area contributed by atoms with Gasteiger partial charge < -0.3 is 10.2 Å². The number of aryl methyl sites for hydroxylation is 1. The summed E-state index contributed by atoms with van der Waals surface area (Å²) >= 11 is 0. The van der Waals surface area contributed by atoms with Gasteiger partial charge in [-0.2, -0.15) is 0 Å². The second-order valence-electron chi connectivity index (χ2n) is 5.49. The first-order chi connectivity index (χ1) is 9.34. The van der Waals surface area contributed by atoms with Crippen LogP contribution in [0.4, 0.5) is 0 Å². The Morgan fingerprint density at radius 3 is 2.25 bits per heavy atom. The number of hydrogen-bond donors (Lipinski definition) is 2. The summed E-state index contributed by atoms with van der Waals surface area (Å²) in [6, 6.07) is 12.8. The summed E-state index contributed by atoms with van der Waals surface area (Å²) in [5.41, 5.74) is 1.95. The fourth-order valence-electron chi connectivity index (χ4n) is 2.39. The number of aromatic hydroxyl groups is 1. The lowest BCUT2D eigenvalue weighted by Crippen LogP contribution is -2.20. The standard InChI is InChI=1S/C17H18O3/c1-11-9-12(16(19)20)10-14(15(11)18)17(2,3)13-7-5-4-6-8-13/h4-10,18H,1-3H3,(H,19,20). The summed E-state index contributed by atoms with van der Waals surface area (Å²) in [7, 11) is 0. The van der Waals surface area contributed by atoms with E-state index >= 15 is 0 Å². The molecule has 20 heavy (non-hydrogen) atoms. The largest absolute Gasteiger partial charge is 0.507 e. The molecule has 3 nitrogen and oxygen atoms in total. The van der Waals surface area contributed by atoms with Crippen LogP contribution in [0, 0.1) is 6.92 Å². The number of benzene rings is 2. The van der Waals surface area contributed by atoms with Crippen molar-refractivity contribution in [1.82, 2.24) is 0 Å². The zero-order valence-electron chi connectivity index (χ0n) is 11.8. The Morgan fingerprint density at radius 2 is 1.70 bits per heavy atom. The number of carboxylic acid groups (broad SMARTS) is 1. The van der Waals surface area contributed by atoms with E-state index in [2.05, 4.69) is 0 Å². The molecule has 0 heterocycles. The zero-order chi connectivity index (χ0) is 14.9. The molecule has 0 radical (unpaired) electrons. The smallest absolute Gasteiger partial charge is 0.335 e. The van der Waals surface area contributed by atoms with Crippen molar-refractivity contribution in [2.24, 2.45) is 0 Å². The Kier molecular flexibility index (Phi) is 3.53. The van der Waals surface area contributed by atoms with Crippen LogP contribution in [-0.2, 0) is 5.41 Å². The third kappa shape index (κ3) is 2.39. The molecule has 0 fully saturated rings. The number of phenolic OH excluding ortho intramolecular Hbond substituents is 1. The maximum Gasteiger partial charge on any atom is 0.335 e. The normalized spacial score (nSPS) is 11.3. The summed E-state index contributed by atoms with van der Waals surface area (Å²) in [6.45, 7) is 5.66. The Balaban J connectivity index is 2.65. The zero-order valence-corrected chi connectivity index (χ0v) is 11.8. The molecule has 2 N–H and O–H groups in total. The molecule has 0 aromatic heterocycles. The fourth-order valence-corrected chi connectivity index (χ4v) is 2.39. The molecule has 2 aromatic rings. The first-order valence-corrected chi connectivity index (χ1v) is 6.47. The molecule has 0 spiro atoms. The van der Waals surface area contributed by atoms with Crippen LogP contribution in [0.15, 0.2) is 42.5 Å². The summed E-state index contributed by atoms with van der Waals surface area (Å²) < 4.78 is 0. The molecule has 3 heteroatoms. The van der Waals surface area contributed by atoms with E-state index < -0.39 is 11.4 Å². The average molecular weight is 270 g/mol. The first kappa shape index (κ1) is 14.1. The van der Waals surface area contributed by atoms with E-state index in [-0.39, 0.29) is 11.3 Å². The Morgan fingerprint density at radius 1 is 1.10 bits per heavy atom. The van der Waals surface area contributed by atoms with Gasteiger partial charge in [0.05, 0.1) is 5.56 Å². The molecule has 0 amide bonds. The molecule has 0 bridgehead atoms. The molecular formula is C17H18O3. The maximum atomic E-state index is 11.2. The predicted molar refractivity (Wildman–Crippen MR) is 78.4 cm³/mol. The van der Waals surface area contributed by atoms with Crippen molar-refractivity contribution in [3.63, 3.8) is 0 Å². The number of aromatic carboxylic acids is 1. The molecule has 104 valence electrons. The van der Waals surface area contributed by atoms with Gasteiger partial charge in [-0.1, -0.05) is 44.2 Å². The molecule has 0 aliphatic rings. The molecule has 0 aliphatic heterocycles. The Labute approximate surface area is 118 Å². The number of phenols is 1. The Bertz CT molecular complexity index is 643. The van der Waals surface area contributed by atoms with Crippen molar-refractivity contribution in [3.05, 3.63) is 64.7 Å². The van der Waals surface area contributed by atoms with Gasteiger partial charge >= 0.3 is 5.97 Å². The Hall–Kier alpha value is -2.29. The highest BCUT2D eigenvalue weighted by molar-refractivity contribution is 5.88. The summed E-state index contributed by atoms with van der Waals surface area (Å²) in [5.74, 6) is -0.831. The summed E-state index contributed by atoms with van der Waals surface area (Å²) in [4.78, 5) is 11.2. The first-order valence-electron chi connectivity index (χ1n) is 6.47.